The van der Waals surface area contributed by atoms with E-state index in [1.807, 2.05) is 4.90 Å². The minimum Gasteiger partial charge on any atom is -0.480 e. The fourth-order valence-corrected chi connectivity index (χ4v) is 1.82. The summed E-state index contributed by atoms with van der Waals surface area (Å²) in [4.78, 5) is 14.9. The summed E-state index contributed by atoms with van der Waals surface area (Å²) in [5, 5.41) is 8.69. The molecule has 1 saturated heterocycles. The Labute approximate surface area is 90.6 Å². The fourth-order valence-electron chi connectivity index (χ4n) is 1.82. The van der Waals surface area contributed by atoms with Crippen LogP contribution in [0, 0.1) is 0 Å². The number of aliphatic carboxylic acids is 1. The Hall–Kier alpha value is -0.650. The van der Waals surface area contributed by atoms with Gasteiger partial charge in [0.05, 0.1) is 13.2 Å². The maximum atomic E-state index is 10.6. The van der Waals surface area contributed by atoms with Crippen LogP contribution in [0.3, 0.4) is 0 Å². The number of carboxylic acid groups (broad SMARTS) is 1. The Morgan fingerprint density at radius 1 is 1.27 bits per heavy atom. The lowest BCUT2D eigenvalue weighted by Crippen LogP contribution is -2.35. The molecule has 0 unspecified atom stereocenters. The maximum absolute atomic E-state index is 10.6. The molecule has 0 aromatic rings. The molecular weight excluding hydrogens is 196 g/mol. The third-order valence-corrected chi connectivity index (χ3v) is 2.65. The number of rotatable bonds is 5. The Morgan fingerprint density at radius 2 is 1.93 bits per heavy atom. The molecule has 1 aliphatic heterocycles. The number of ether oxygens (including phenoxy) is 1. The Balaban J connectivity index is 2.25. The van der Waals surface area contributed by atoms with E-state index in [1.54, 1.807) is 7.11 Å². The lowest BCUT2D eigenvalue weighted by atomic mass is 10.4. The summed E-state index contributed by atoms with van der Waals surface area (Å²) >= 11 is 0. The van der Waals surface area contributed by atoms with E-state index < -0.39 is 5.97 Å². The van der Waals surface area contributed by atoms with Crippen LogP contribution in [-0.2, 0) is 9.53 Å². The van der Waals surface area contributed by atoms with Crippen LogP contribution in [0.15, 0.2) is 0 Å². The van der Waals surface area contributed by atoms with Crippen LogP contribution in [0.2, 0.25) is 0 Å². The lowest BCUT2D eigenvalue weighted by Gasteiger charge is -2.20. The predicted octanol–water partition coefficient (Wildman–Crippen LogP) is -0.275. The summed E-state index contributed by atoms with van der Waals surface area (Å²) < 4.78 is 5.03. The van der Waals surface area contributed by atoms with Gasteiger partial charge in [-0.05, 0) is 13.0 Å². The Kier molecular flexibility index (Phi) is 5.60. The minimum atomic E-state index is -0.736. The van der Waals surface area contributed by atoms with Gasteiger partial charge in [0, 0.05) is 33.3 Å². The second-order valence-electron chi connectivity index (χ2n) is 3.86. The molecule has 1 heterocycles. The first-order chi connectivity index (χ1) is 7.22. The molecule has 1 N–H and O–H groups in total. The second-order valence-corrected chi connectivity index (χ2v) is 3.86. The largest absolute Gasteiger partial charge is 0.480 e. The van der Waals surface area contributed by atoms with Crippen molar-refractivity contribution in [2.24, 2.45) is 0 Å². The molecule has 0 atom stereocenters. The summed E-state index contributed by atoms with van der Waals surface area (Å²) in [5.74, 6) is -0.736. The fraction of sp³-hybridized carbons (Fsp3) is 0.900. The topological polar surface area (TPSA) is 53.0 Å². The molecule has 1 rings (SSSR count). The maximum Gasteiger partial charge on any atom is 0.317 e. The molecule has 88 valence electrons. The van der Waals surface area contributed by atoms with Gasteiger partial charge in [0.25, 0.3) is 0 Å². The zero-order valence-corrected chi connectivity index (χ0v) is 9.31. The Bertz CT molecular complexity index is 199. The molecule has 15 heavy (non-hydrogen) atoms. The highest BCUT2D eigenvalue weighted by Gasteiger charge is 2.15. The standard InChI is InChI=1S/C10H20N2O3/c1-15-8-7-11-3-2-4-12(6-5-11)9-10(13)14/h2-9H2,1H3,(H,13,14). The molecule has 0 aliphatic carbocycles. The number of hydrogen-bond acceptors (Lipinski definition) is 4. The average molecular weight is 216 g/mol. The average Bonchev–Trinajstić information content (AvgIpc) is 2.40. The number of carboxylic acids is 1. The highest BCUT2D eigenvalue weighted by atomic mass is 16.5. The summed E-state index contributed by atoms with van der Waals surface area (Å²) in [6.45, 7) is 5.57. The van der Waals surface area contributed by atoms with Crippen molar-refractivity contribution in [3.05, 3.63) is 0 Å². The zero-order valence-electron chi connectivity index (χ0n) is 9.31. The normalized spacial score (nSPS) is 20.1. The van der Waals surface area contributed by atoms with E-state index in [1.165, 1.54) is 0 Å². The van der Waals surface area contributed by atoms with Crippen molar-refractivity contribution in [1.29, 1.82) is 0 Å². The van der Waals surface area contributed by atoms with Crippen LogP contribution < -0.4 is 0 Å². The van der Waals surface area contributed by atoms with Gasteiger partial charge in [0.1, 0.15) is 0 Å². The summed E-state index contributed by atoms with van der Waals surface area (Å²) in [5.41, 5.74) is 0. The van der Waals surface area contributed by atoms with Gasteiger partial charge >= 0.3 is 5.97 Å². The van der Waals surface area contributed by atoms with Crippen molar-refractivity contribution in [1.82, 2.24) is 9.80 Å². The van der Waals surface area contributed by atoms with Crippen molar-refractivity contribution < 1.29 is 14.6 Å². The van der Waals surface area contributed by atoms with Gasteiger partial charge < -0.3 is 9.84 Å². The number of nitrogens with zero attached hydrogens (tertiary/aromatic N) is 2. The van der Waals surface area contributed by atoms with Crippen LogP contribution >= 0.6 is 0 Å². The zero-order chi connectivity index (χ0) is 11.1. The van der Waals surface area contributed by atoms with Crippen LogP contribution in [0.25, 0.3) is 0 Å². The number of methoxy groups -OCH3 is 1. The van der Waals surface area contributed by atoms with E-state index in [0.717, 1.165) is 45.8 Å². The van der Waals surface area contributed by atoms with Gasteiger partial charge in [-0.1, -0.05) is 0 Å². The quantitative estimate of drug-likeness (QED) is 0.685. The van der Waals surface area contributed by atoms with Crippen LogP contribution in [-0.4, -0.2) is 73.9 Å². The van der Waals surface area contributed by atoms with Gasteiger partial charge in [-0.2, -0.15) is 0 Å². The monoisotopic (exact) mass is 216 g/mol. The van der Waals surface area contributed by atoms with Crippen LogP contribution in [0.1, 0.15) is 6.42 Å². The third kappa shape index (κ3) is 5.11. The van der Waals surface area contributed by atoms with Gasteiger partial charge in [-0.15, -0.1) is 0 Å². The first-order valence-electron chi connectivity index (χ1n) is 5.38. The van der Waals surface area contributed by atoms with Crippen LogP contribution in [0.4, 0.5) is 0 Å². The van der Waals surface area contributed by atoms with Crippen molar-refractivity contribution in [2.45, 2.75) is 6.42 Å². The first kappa shape index (κ1) is 12.4. The molecule has 0 aromatic carbocycles. The number of carbonyl (C=O) groups is 1. The van der Waals surface area contributed by atoms with Gasteiger partial charge in [0.15, 0.2) is 0 Å². The van der Waals surface area contributed by atoms with E-state index in [-0.39, 0.29) is 6.54 Å². The van der Waals surface area contributed by atoms with Crippen molar-refractivity contribution in [3.63, 3.8) is 0 Å². The SMILES string of the molecule is COCCN1CCCN(CC(=O)O)CC1. The highest BCUT2D eigenvalue weighted by molar-refractivity contribution is 5.69. The summed E-state index contributed by atoms with van der Waals surface area (Å²) in [7, 11) is 1.70. The molecule has 1 aliphatic rings. The lowest BCUT2D eigenvalue weighted by molar-refractivity contribution is -0.138. The molecule has 5 nitrogen and oxygen atoms in total. The molecular formula is C10H20N2O3. The van der Waals surface area contributed by atoms with E-state index in [4.69, 9.17) is 9.84 Å². The van der Waals surface area contributed by atoms with E-state index in [0.29, 0.717) is 0 Å². The minimum absolute atomic E-state index is 0.165. The van der Waals surface area contributed by atoms with Crippen molar-refractivity contribution in [3.8, 4) is 0 Å². The molecule has 5 heteroatoms. The predicted molar refractivity (Wildman–Crippen MR) is 57.0 cm³/mol. The van der Waals surface area contributed by atoms with E-state index in [9.17, 15) is 4.79 Å². The molecule has 1 fully saturated rings. The van der Waals surface area contributed by atoms with Crippen LogP contribution in [0.5, 0.6) is 0 Å². The highest BCUT2D eigenvalue weighted by Crippen LogP contribution is 2.02. The van der Waals surface area contributed by atoms with Gasteiger partial charge in [-0.25, -0.2) is 0 Å². The molecule has 0 bridgehead atoms. The smallest absolute Gasteiger partial charge is 0.317 e. The molecule has 0 radical (unpaired) electrons. The summed E-state index contributed by atoms with van der Waals surface area (Å²) in [6.07, 6.45) is 1.04. The van der Waals surface area contributed by atoms with Crippen molar-refractivity contribution in [2.75, 3.05) is 53.0 Å². The summed E-state index contributed by atoms with van der Waals surface area (Å²) in [6, 6.07) is 0. The third-order valence-electron chi connectivity index (χ3n) is 2.65. The van der Waals surface area contributed by atoms with E-state index in [2.05, 4.69) is 4.90 Å². The second kappa shape index (κ2) is 6.76. The van der Waals surface area contributed by atoms with Gasteiger partial charge in [0.2, 0.25) is 0 Å². The van der Waals surface area contributed by atoms with Gasteiger partial charge in [-0.3, -0.25) is 14.6 Å². The molecule has 0 saturated carbocycles. The van der Waals surface area contributed by atoms with Crippen molar-refractivity contribution >= 4 is 5.97 Å². The molecule has 0 aromatic heterocycles. The first-order valence-corrected chi connectivity index (χ1v) is 5.38. The Morgan fingerprint density at radius 3 is 2.60 bits per heavy atom. The van der Waals surface area contributed by atoms with E-state index >= 15 is 0 Å². The molecule has 0 spiro atoms. The molecule has 0 amide bonds. The number of hydrogen-bond donors (Lipinski definition) is 1.